The van der Waals surface area contributed by atoms with Gasteiger partial charge in [-0.25, -0.2) is 4.98 Å². The lowest BCUT2D eigenvalue weighted by molar-refractivity contribution is 0.117. The van der Waals surface area contributed by atoms with Gasteiger partial charge in [-0.3, -0.25) is 4.90 Å². The average molecular weight is 260 g/mol. The minimum Gasteiger partial charge on any atom is -0.326 e. The quantitative estimate of drug-likeness (QED) is 0.843. The van der Waals surface area contributed by atoms with Crippen molar-refractivity contribution in [2.24, 2.45) is 5.73 Å². The van der Waals surface area contributed by atoms with Gasteiger partial charge in [-0.1, -0.05) is 11.6 Å². The van der Waals surface area contributed by atoms with Gasteiger partial charge in [0.05, 0.1) is 12.2 Å². The summed E-state index contributed by atoms with van der Waals surface area (Å²) in [7, 11) is 0. The predicted molar refractivity (Wildman–Crippen MR) is 68.9 cm³/mol. The molecule has 2 N–H and O–H groups in total. The summed E-state index contributed by atoms with van der Waals surface area (Å²) in [6.07, 6.45) is 2.74. The molecule has 2 atom stereocenters. The maximum atomic E-state index is 6.19. The van der Waals surface area contributed by atoms with Crippen molar-refractivity contribution < 1.29 is 0 Å². The minimum absolute atomic E-state index is 0.122. The van der Waals surface area contributed by atoms with Crippen molar-refractivity contribution in [3.05, 3.63) is 15.5 Å². The van der Waals surface area contributed by atoms with Crippen LogP contribution >= 0.6 is 22.9 Å². The highest BCUT2D eigenvalue weighted by Gasteiger charge is 2.40. The Morgan fingerprint density at radius 2 is 2.25 bits per heavy atom. The Labute approximate surface area is 106 Å². The van der Waals surface area contributed by atoms with E-state index in [1.807, 2.05) is 0 Å². The summed E-state index contributed by atoms with van der Waals surface area (Å²) in [6, 6.07) is 0.388. The predicted octanol–water partition coefficient (Wildman–Crippen LogP) is 2.67. The Balaban J connectivity index is 2.29. The third-order valence-corrected chi connectivity index (χ3v) is 4.24. The first-order valence-electron chi connectivity index (χ1n) is 5.53. The smallest absolute Gasteiger partial charge is 0.113 e. The van der Waals surface area contributed by atoms with Gasteiger partial charge in [-0.05, 0) is 27.2 Å². The molecule has 2 rings (SSSR count). The number of thiazole rings is 1. The highest BCUT2D eigenvalue weighted by atomic mass is 35.5. The van der Waals surface area contributed by atoms with Crippen LogP contribution in [0.3, 0.4) is 0 Å². The number of hydrogen-bond donors (Lipinski definition) is 1. The molecule has 16 heavy (non-hydrogen) atoms. The molecule has 90 valence electrons. The summed E-state index contributed by atoms with van der Waals surface area (Å²) in [5.74, 6) is 0. The summed E-state index contributed by atoms with van der Waals surface area (Å²) in [5.41, 5.74) is 6.31. The third-order valence-electron chi connectivity index (χ3n) is 3.05. The van der Waals surface area contributed by atoms with Gasteiger partial charge in [-0.15, -0.1) is 11.3 Å². The highest BCUT2D eigenvalue weighted by molar-refractivity contribution is 7.15. The van der Waals surface area contributed by atoms with Crippen molar-refractivity contribution in [1.82, 2.24) is 9.88 Å². The first kappa shape index (κ1) is 12.3. The lowest BCUT2D eigenvalue weighted by atomic mass is 10.0. The molecule has 0 amide bonds. The van der Waals surface area contributed by atoms with Crippen LogP contribution in [0.15, 0.2) is 6.20 Å². The molecule has 1 aliphatic heterocycles. The van der Waals surface area contributed by atoms with Gasteiger partial charge in [0.25, 0.3) is 0 Å². The normalized spacial score (nSPS) is 27.6. The van der Waals surface area contributed by atoms with Crippen LogP contribution in [0.1, 0.15) is 38.2 Å². The van der Waals surface area contributed by atoms with Crippen LogP contribution in [-0.4, -0.2) is 28.0 Å². The van der Waals surface area contributed by atoms with Crippen LogP contribution in [-0.2, 0) is 0 Å². The first-order chi connectivity index (χ1) is 7.39. The second kappa shape index (κ2) is 4.26. The molecule has 2 unspecified atom stereocenters. The monoisotopic (exact) mass is 259 g/mol. The van der Waals surface area contributed by atoms with Crippen molar-refractivity contribution in [3.8, 4) is 0 Å². The van der Waals surface area contributed by atoms with Gasteiger partial charge in [0.1, 0.15) is 9.34 Å². The van der Waals surface area contributed by atoms with Gasteiger partial charge in [0.15, 0.2) is 0 Å². The molecule has 0 aromatic carbocycles. The average Bonchev–Trinajstić information content (AvgIpc) is 2.70. The van der Waals surface area contributed by atoms with Crippen LogP contribution in [0.4, 0.5) is 0 Å². The Hall–Kier alpha value is -0.160. The zero-order valence-corrected chi connectivity index (χ0v) is 11.5. The van der Waals surface area contributed by atoms with Gasteiger partial charge >= 0.3 is 0 Å². The standard InChI is InChI=1S/C11H18ClN3S/c1-11(2,3)15-5-4-7(13)9(15)10-14-6-8(12)16-10/h6-7,9H,4-5,13H2,1-3H3. The molecule has 0 bridgehead atoms. The fraction of sp³-hybridized carbons (Fsp3) is 0.727. The summed E-state index contributed by atoms with van der Waals surface area (Å²) in [5, 5.41) is 1.05. The van der Waals surface area contributed by atoms with Crippen molar-refractivity contribution in [3.63, 3.8) is 0 Å². The summed E-state index contributed by atoms with van der Waals surface area (Å²) in [6.45, 7) is 7.68. The van der Waals surface area contributed by atoms with E-state index in [2.05, 4.69) is 30.7 Å². The molecule has 3 nitrogen and oxygen atoms in total. The molecule has 1 saturated heterocycles. The number of aromatic nitrogens is 1. The topological polar surface area (TPSA) is 42.1 Å². The summed E-state index contributed by atoms with van der Waals surface area (Å²) >= 11 is 7.49. The van der Waals surface area contributed by atoms with Gasteiger partial charge in [0.2, 0.25) is 0 Å². The molecule has 0 radical (unpaired) electrons. The number of nitrogens with zero attached hydrogens (tertiary/aromatic N) is 2. The second-order valence-electron chi connectivity index (χ2n) is 5.26. The SMILES string of the molecule is CC(C)(C)N1CCC(N)C1c1ncc(Cl)s1. The molecule has 1 aliphatic rings. The third kappa shape index (κ3) is 2.25. The molecular formula is C11H18ClN3S. The molecular weight excluding hydrogens is 242 g/mol. The lowest BCUT2D eigenvalue weighted by Gasteiger charge is -2.36. The van der Waals surface area contributed by atoms with Crippen molar-refractivity contribution in [2.45, 2.75) is 44.8 Å². The lowest BCUT2D eigenvalue weighted by Crippen LogP contribution is -2.43. The van der Waals surface area contributed by atoms with Gasteiger partial charge < -0.3 is 5.73 Å². The number of halogens is 1. The highest BCUT2D eigenvalue weighted by Crippen LogP contribution is 2.38. The molecule has 0 saturated carbocycles. The first-order valence-corrected chi connectivity index (χ1v) is 6.72. The Morgan fingerprint density at radius 1 is 1.56 bits per heavy atom. The maximum absolute atomic E-state index is 6.19. The second-order valence-corrected chi connectivity index (χ2v) is 6.96. The molecule has 1 aromatic rings. The maximum Gasteiger partial charge on any atom is 0.113 e. The van der Waals surface area contributed by atoms with E-state index in [1.54, 1.807) is 17.5 Å². The van der Waals surface area contributed by atoms with E-state index in [0.29, 0.717) is 0 Å². The molecule has 0 aliphatic carbocycles. The van der Waals surface area contributed by atoms with Crippen molar-refractivity contribution >= 4 is 22.9 Å². The molecule has 5 heteroatoms. The number of rotatable bonds is 1. The van der Waals surface area contributed by atoms with Gasteiger partial charge in [0, 0.05) is 18.1 Å². The van der Waals surface area contributed by atoms with E-state index >= 15 is 0 Å². The number of hydrogen-bond acceptors (Lipinski definition) is 4. The Kier molecular flexibility index (Phi) is 3.27. The van der Waals surface area contributed by atoms with E-state index in [4.69, 9.17) is 17.3 Å². The van der Waals surface area contributed by atoms with E-state index in [0.717, 1.165) is 22.3 Å². The fourth-order valence-corrected chi connectivity index (χ4v) is 3.41. The molecule has 0 spiro atoms. The molecule has 2 heterocycles. The van der Waals surface area contributed by atoms with Crippen LogP contribution in [0.2, 0.25) is 4.34 Å². The molecule has 1 fully saturated rings. The van der Waals surface area contributed by atoms with E-state index in [9.17, 15) is 0 Å². The minimum atomic E-state index is 0.122. The zero-order chi connectivity index (χ0) is 11.9. The van der Waals surface area contributed by atoms with E-state index in [1.165, 1.54) is 0 Å². The Morgan fingerprint density at radius 3 is 2.75 bits per heavy atom. The largest absolute Gasteiger partial charge is 0.326 e. The van der Waals surface area contributed by atoms with E-state index < -0.39 is 0 Å². The van der Waals surface area contributed by atoms with Crippen molar-refractivity contribution in [1.29, 1.82) is 0 Å². The zero-order valence-electron chi connectivity index (χ0n) is 9.90. The van der Waals surface area contributed by atoms with Crippen LogP contribution in [0, 0.1) is 0 Å². The number of nitrogens with two attached hydrogens (primary N) is 1. The number of likely N-dealkylation sites (tertiary alicyclic amines) is 1. The molecule has 1 aromatic heterocycles. The van der Waals surface area contributed by atoms with Crippen LogP contribution in [0.25, 0.3) is 0 Å². The van der Waals surface area contributed by atoms with Gasteiger partial charge in [-0.2, -0.15) is 0 Å². The summed E-state index contributed by atoms with van der Waals surface area (Å²) in [4.78, 5) is 6.80. The fourth-order valence-electron chi connectivity index (χ4n) is 2.29. The Bertz CT molecular complexity index is 372. The van der Waals surface area contributed by atoms with Crippen LogP contribution in [0.5, 0.6) is 0 Å². The van der Waals surface area contributed by atoms with E-state index in [-0.39, 0.29) is 17.6 Å². The van der Waals surface area contributed by atoms with Crippen molar-refractivity contribution in [2.75, 3.05) is 6.54 Å². The van der Waals surface area contributed by atoms with Crippen LogP contribution < -0.4 is 5.73 Å². The summed E-state index contributed by atoms with van der Waals surface area (Å²) < 4.78 is 0.739.